The molecule has 0 aromatic heterocycles. The molecule has 0 saturated carbocycles. The van der Waals surface area contributed by atoms with Crippen molar-refractivity contribution in [1.29, 1.82) is 0 Å². The molecule has 4 N–H and O–H groups in total. The van der Waals surface area contributed by atoms with Gasteiger partial charge in [0.15, 0.2) is 0 Å². The highest BCUT2D eigenvalue weighted by molar-refractivity contribution is 5.66. The summed E-state index contributed by atoms with van der Waals surface area (Å²) in [5.41, 5.74) is 0. The first-order valence-electron chi connectivity index (χ1n) is 9.21. The van der Waals surface area contributed by atoms with Gasteiger partial charge in [-0.1, -0.05) is 79.8 Å². The average molecular weight is 376 g/mol. The molecule has 0 fully saturated rings. The number of aliphatic hydroxyl groups is 3. The maximum absolute atomic E-state index is 10.3. The standard InChI is InChI=1S/C22H32O5/c1-2-3-9-16-20(24)21(25)17-12-7-5-4-6-10-14-19(23)15-11-8-13-18-22(26)27/h3-12,14,17,19-21,23-25H,2,13,15-16,18H2,1H3,(H,26,27)/b6-4-,7-5+,9-3-,11-8-,14-10+,17-12+/t19-,20-,21?/m1/s1. The highest BCUT2D eigenvalue weighted by Crippen LogP contribution is 2.03. The van der Waals surface area contributed by atoms with Gasteiger partial charge in [0.05, 0.1) is 18.3 Å². The number of allylic oxidation sites excluding steroid dienone is 8. The number of rotatable bonds is 14. The molecule has 0 saturated heterocycles. The lowest BCUT2D eigenvalue weighted by Gasteiger charge is -2.11. The molecule has 0 bridgehead atoms. The fourth-order valence-corrected chi connectivity index (χ4v) is 1.94. The summed E-state index contributed by atoms with van der Waals surface area (Å²) >= 11 is 0. The van der Waals surface area contributed by atoms with Crippen LogP contribution in [0.4, 0.5) is 0 Å². The van der Waals surface area contributed by atoms with Crippen LogP contribution in [-0.2, 0) is 4.79 Å². The van der Waals surface area contributed by atoms with Gasteiger partial charge in [-0.25, -0.2) is 0 Å². The summed E-state index contributed by atoms with van der Waals surface area (Å²) in [5, 5.41) is 37.7. The van der Waals surface area contributed by atoms with Crippen LogP contribution in [0.5, 0.6) is 0 Å². The molecule has 0 aromatic rings. The smallest absolute Gasteiger partial charge is 0.303 e. The summed E-state index contributed by atoms with van der Waals surface area (Å²) < 4.78 is 0. The minimum absolute atomic E-state index is 0.0951. The van der Waals surface area contributed by atoms with Crippen LogP contribution in [0.3, 0.4) is 0 Å². The molecule has 0 radical (unpaired) electrons. The SMILES string of the molecule is CC/C=C\C[C@@H](O)C(O)/C=C/C=C/C=C\C=C\[C@@H](O)C/C=C\CCC(=O)O. The van der Waals surface area contributed by atoms with Crippen LogP contribution in [0.2, 0.25) is 0 Å². The van der Waals surface area contributed by atoms with E-state index in [1.54, 1.807) is 54.7 Å². The Morgan fingerprint density at radius 2 is 1.41 bits per heavy atom. The quantitative estimate of drug-likeness (QED) is 0.275. The Bertz CT molecular complexity index is 555. The second-order valence-corrected chi connectivity index (χ2v) is 5.92. The van der Waals surface area contributed by atoms with E-state index in [9.17, 15) is 20.1 Å². The third kappa shape index (κ3) is 17.0. The molecule has 0 rings (SSSR count). The summed E-state index contributed by atoms with van der Waals surface area (Å²) in [4.78, 5) is 10.3. The molecular formula is C22H32O5. The molecule has 3 atom stereocenters. The summed E-state index contributed by atoms with van der Waals surface area (Å²) in [6.45, 7) is 2.01. The summed E-state index contributed by atoms with van der Waals surface area (Å²) in [6.07, 6.45) is 21.0. The van der Waals surface area contributed by atoms with Crippen LogP contribution in [0.1, 0.15) is 39.0 Å². The van der Waals surface area contributed by atoms with Crippen LogP contribution in [-0.4, -0.2) is 44.7 Å². The molecule has 0 heterocycles. The number of aliphatic hydroxyl groups excluding tert-OH is 3. The van der Waals surface area contributed by atoms with Crippen molar-refractivity contribution in [3.63, 3.8) is 0 Å². The van der Waals surface area contributed by atoms with Crippen molar-refractivity contribution < 1.29 is 25.2 Å². The van der Waals surface area contributed by atoms with Gasteiger partial charge in [0.25, 0.3) is 0 Å². The van der Waals surface area contributed by atoms with E-state index in [1.165, 1.54) is 6.08 Å². The Hall–Kier alpha value is -2.21. The molecule has 0 aromatic carbocycles. The van der Waals surface area contributed by atoms with Crippen molar-refractivity contribution in [2.75, 3.05) is 0 Å². The highest BCUT2D eigenvalue weighted by atomic mass is 16.4. The maximum Gasteiger partial charge on any atom is 0.303 e. The van der Waals surface area contributed by atoms with Gasteiger partial charge in [0, 0.05) is 6.42 Å². The van der Waals surface area contributed by atoms with Gasteiger partial charge in [-0.15, -0.1) is 0 Å². The van der Waals surface area contributed by atoms with Crippen LogP contribution in [0.15, 0.2) is 72.9 Å². The first-order valence-corrected chi connectivity index (χ1v) is 9.21. The third-order valence-corrected chi connectivity index (χ3v) is 3.44. The fourth-order valence-electron chi connectivity index (χ4n) is 1.94. The van der Waals surface area contributed by atoms with Crippen molar-refractivity contribution >= 4 is 5.97 Å². The first-order chi connectivity index (χ1) is 13.0. The van der Waals surface area contributed by atoms with E-state index >= 15 is 0 Å². The molecular weight excluding hydrogens is 344 g/mol. The van der Waals surface area contributed by atoms with E-state index in [-0.39, 0.29) is 6.42 Å². The number of carboxylic acids is 1. The molecule has 0 amide bonds. The second kappa shape index (κ2) is 17.2. The zero-order valence-electron chi connectivity index (χ0n) is 15.9. The Morgan fingerprint density at radius 3 is 2.04 bits per heavy atom. The van der Waals surface area contributed by atoms with Gasteiger partial charge in [-0.2, -0.15) is 0 Å². The maximum atomic E-state index is 10.3. The van der Waals surface area contributed by atoms with E-state index in [2.05, 4.69) is 0 Å². The molecule has 5 heteroatoms. The topological polar surface area (TPSA) is 98.0 Å². The van der Waals surface area contributed by atoms with E-state index < -0.39 is 24.3 Å². The molecule has 1 unspecified atom stereocenters. The number of carboxylic acid groups (broad SMARTS) is 1. The van der Waals surface area contributed by atoms with Crippen LogP contribution >= 0.6 is 0 Å². The molecule has 0 aliphatic rings. The Morgan fingerprint density at radius 1 is 0.815 bits per heavy atom. The molecule has 5 nitrogen and oxygen atoms in total. The Balaban J connectivity index is 4.03. The van der Waals surface area contributed by atoms with Crippen LogP contribution in [0.25, 0.3) is 0 Å². The lowest BCUT2D eigenvalue weighted by Crippen LogP contribution is -2.22. The van der Waals surface area contributed by atoms with Crippen molar-refractivity contribution in [2.45, 2.75) is 57.3 Å². The van der Waals surface area contributed by atoms with E-state index in [0.717, 1.165) is 6.42 Å². The van der Waals surface area contributed by atoms with E-state index in [4.69, 9.17) is 5.11 Å². The summed E-state index contributed by atoms with van der Waals surface area (Å²) in [7, 11) is 0. The van der Waals surface area contributed by atoms with Crippen LogP contribution < -0.4 is 0 Å². The predicted molar refractivity (Wildman–Crippen MR) is 109 cm³/mol. The minimum Gasteiger partial charge on any atom is -0.481 e. The lowest BCUT2D eigenvalue weighted by atomic mass is 10.1. The average Bonchev–Trinajstić information content (AvgIpc) is 2.63. The van der Waals surface area contributed by atoms with Gasteiger partial charge in [-0.05, 0) is 25.7 Å². The number of hydrogen-bond acceptors (Lipinski definition) is 4. The van der Waals surface area contributed by atoms with Crippen molar-refractivity contribution in [3.8, 4) is 0 Å². The first kappa shape index (κ1) is 24.8. The summed E-state index contributed by atoms with van der Waals surface area (Å²) in [6, 6.07) is 0. The molecule has 0 aliphatic heterocycles. The van der Waals surface area contributed by atoms with Crippen molar-refractivity contribution in [2.24, 2.45) is 0 Å². The lowest BCUT2D eigenvalue weighted by molar-refractivity contribution is -0.136. The fraction of sp³-hybridized carbons (Fsp3) is 0.409. The largest absolute Gasteiger partial charge is 0.481 e. The van der Waals surface area contributed by atoms with Gasteiger partial charge in [-0.3, -0.25) is 4.79 Å². The number of carbonyl (C=O) groups is 1. The van der Waals surface area contributed by atoms with Gasteiger partial charge >= 0.3 is 5.97 Å². The van der Waals surface area contributed by atoms with Crippen molar-refractivity contribution in [1.82, 2.24) is 0 Å². The van der Waals surface area contributed by atoms with Crippen molar-refractivity contribution in [3.05, 3.63) is 72.9 Å². The number of hydrogen-bond donors (Lipinski definition) is 4. The highest BCUT2D eigenvalue weighted by Gasteiger charge is 2.10. The van der Waals surface area contributed by atoms with E-state index in [0.29, 0.717) is 19.3 Å². The molecule has 0 aliphatic carbocycles. The minimum atomic E-state index is -0.904. The van der Waals surface area contributed by atoms with Crippen LogP contribution in [0, 0.1) is 0 Å². The molecule has 150 valence electrons. The third-order valence-electron chi connectivity index (χ3n) is 3.44. The number of aliphatic carboxylic acids is 1. The van der Waals surface area contributed by atoms with E-state index in [1.807, 2.05) is 19.1 Å². The zero-order chi connectivity index (χ0) is 20.3. The van der Waals surface area contributed by atoms with Gasteiger partial charge in [0.1, 0.15) is 0 Å². The molecule has 27 heavy (non-hydrogen) atoms. The Labute approximate surface area is 162 Å². The summed E-state index contributed by atoms with van der Waals surface area (Å²) in [5.74, 6) is -0.831. The zero-order valence-corrected chi connectivity index (χ0v) is 15.9. The molecule has 0 spiro atoms. The Kier molecular flexibility index (Phi) is 15.8. The normalized spacial score (nSPS) is 16.6. The van der Waals surface area contributed by atoms with Gasteiger partial charge in [0.2, 0.25) is 0 Å². The monoisotopic (exact) mass is 376 g/mol. The second-order valence-electron chi connectivity index (χ2n) is 5.92. The predicted octanol–water partition coefficient (Wildman–Crippen LogP) is 3.46. The van der Waals surface area contributed by atoms with Gasteiger partial charge < -0.3 is 20.4 Å².